The van der Waals surface area contributed by atoms with Gasteiger partial charge in [-0.15, -0.1) is 0 Å². The van der Waals surface area contributed by atoms with E-state index in [4.69, 9.17) is 9.47 Å². The summed E-state index contributed by atoms with van der Waals surface area (Å²) in [6, 6.07) is 17.4. The highest BCUT2D eigenvalue weighted by Gasteiger charge is 1.98. The number of hydrogen-bond donors (Lipinski definition) is 1. The Kier molecular flexibility index (Phi) is 4.61. The van der Waals surface area contributed by atoms with Gasteiger partial charge in [-0.3, -0.25) is 0 Å². The molecule has 3 N–H and O–H groups in total. The minimum absolute atomic E-state index is 0.711. The molecule has 2 aromatic rings. The molecule has 0 amide bonds. The third kappa shape index (κ3) is 3.79. The average molecular weight is 244 g/mol. The van der Waals surface area contributed by atoms with Crippen LogP contribution in [0.2, 0.25) is 0 Å². The van der Waals surface area contributed by atoms with Crippen molar-refractivity contribution in [2.75, 3.05) is 13.2 Å². The number of benzene rings is 2. The monoisotopic (exact) mass is 244 g/mol. The van der Waals surface area contributed by atoms with Crippen LogP contribution in [0.15, 0.2) is 54.6 Å². The first-order valence-electron chi connectivity index (χ1n) is 6.13. The van der Waals surface area contributed by atoms with Crippen LogP contribution in [0.1, 0.15) is 6.42 Å². The minimum Gasteiger partial charge on any atom is -0.493 e. The second-order valence-corrected chi connectivity index (χ2v) is 3.94. The fraction of sp³-hybridized carbons (Fsp3) is 0.200. The Labute approximate surface area is 107 Å². The van der Waals surface area contributed by atoms with Gasteiger partial charge < -0.3 is 15.2 Å². The van der Waals surface area contributed by atoms with Crippen molar-refractivity contribution < 1.29 is 15.2 Å². The lowest BCUT2D eigenvalue weighted by molar-refractivity contribution is -0.368. The highest BCUT2D eigenvalue weighted by atomic mass is 16.5. The summed E-state index contributed by atoms with van der Waals surface area (Å²) in [5, 5.41) is 0. The first-order chi connectivity index (χ1) is 8.88. The fourth-order valence-electron chi connectivity index (χ4n) is 1.52. The van der Waals surface area contributed by atoms with E-state index in [0.717, 1.165) is 30.2 Å². The first kappa shape index (κ1) is 12.5. The van der Waals surface area contributed by atoms with E-state index in [0.29, 0.717) is 6.61 Å². The lowest BCUT2D eigenvalue weighted by Crippen LogP contribution is -2.50. The Bertz CT molecular complexity index is 454. The maximum Gasteiger partial charge on any atom is 0.127 e. The van der Waals surface area contributed by atoms with Crippen LogP contribution in [0, 0.1) is 0 Å². The number of ether oxygens (including phenoxy) is 2. The molecule has 18 heavy (non-hydrogen) atoms. The zero-order chi connectivity index (χ0) is 12.6. The van der Waals surface area contributed by atoms with Crippen LogP contribution in [0.5, 0.6) is 17.2 Å². The second kappa shape index (κ2) is 6.67. The average Bonchev–Trinajstić information content (AvgIpc) is 2.42. The van der Waals surface area contributed by atoms with Crippen molar-refractivity contribution in [3.8, 4) is 17.2 Å². The summed E-state index contributed by atoms with van der Waals surface area (Å²) in [4.78, 5) is 0. The van der Waals surface area contributed by atoms with Crippen molar-refractivity contribution in [1.29, 1.82) is 0 Å². The standard InChI is InChI=1S/C15H17NO2/c16-11-4-12-17-13-7-9-15(10-8-13)18-14-5-2-1-3-6-14/h1-3,5-10H,4,11-12,16H2/p+1. The van der Waals surface area contributed by atoms with Crippen LogP contribution < -0.4 is 15.2 Å². The maximum absolute atomic E-state index is 5.69. The van der Waals surface area contributed by atoms with Gasteiger partial charge in [-0.25, -0.2) is 0 Å². The van der Waals surface area contributed by atoms with Gasteiger partial charge in [0, 0.05) is 6.42 Å². The van der Waals surface area contributed by atoms with E-state index in [1.807, 2.05) is 54.6 Å². The highest BCUT2D eigenvalue weighted by molar-refractivity contribution is 5.35. The van der Waals surface area contributed by atoms with Gasteiger partial charge in [0.25, 0.3) is 0 Å². The molecular weight excluding hydrogens is 226 g/mol. The van der Waals surface area contributed by atoms with Crippen molar-refractivity contribution in [2.24, 2.45) is 0 Å². The lowest BCUT2D eigenvalue weighted by atomic mass is 10.3. The number of para-hydroxylation sites is 1. The van der Waals surface area contributed by atoms with E-state index in [9.17, 15) is 0 Å². The molecule has 2 rings (SSSR count). The van der Waals surface area contributed by atoms with Gasteiger partial charge in [0.15, 0.2) is 0 Å². The van der Waals surface area contributed by atoms with Gasteiger partial charge in [-0.1, -0.05) is 18.2 Å². The molecule has 0 saturated heterocycles. The molecular formula is C15H18NO2+. The molecule has 3 heteroatoms. The number of hydrogen-bond acceptors (Lipinski definition) is 2. The van der Waals surface area contributed by atoms with E-state index in [1.54, 1.807) is 0 Å². The molecule has 0 fully saturated rings. The Morgan fingerprint density at radius 1 is 0.778 bits per heavy atom. The quantitative estimate of drug-likeness (QED) is 0.793. The van der Waals surface area contributed by atoms with Crippen LogP contribution in [0.4, 0.5) is 0 Å². The second-order valence-electron chi connectivity index (χ2n) is 3.94. The molecule has 0 unspecified atom stereocenters. The molecule has 94 valence electrons. The minimum atomic E-state index is 0.711. The van der Waals surface area contributed by atoms with Gasteiger partial charge in [0.05, 0.1) is 13.2 Å². The molecule has 0 atom stereocenters. The largest absolute Gasteiger partial charge is 0.493 e. The molecule has 0 saturated carbocycles. The summed E-state index contributed by atoms with van der Waals surface area (Å²) < 4.78 is 11.2. The summed E-state index contributed by atoms with van der Waals surface area (Å²) in [7, 11) is 0. The number of rotatable bonds is 6. The molecule has 0 bridgehead atoms. The SMILES string of the molecule is [NH3+]CCCOc1ccc(Oc2ccccc2)cc1. The normalized spacial score (nSPS) is 10.1. The summed E-state index contributed by atoms with van der Waals surface area (Å²) >= 11 is 0. The molecule has 0 aliphatic carbocycles. The summed E-state index contributed by atoms with van der Waals surface area (Å²) in [6.45, 7) is 1.61. The predicted octanol–water partition coefficient (Wildman–Crippen LogP) is 2.49. The van der Waals surface area contributed by atoms with Gasteiger partial charge in [0.1, 0.15) is 17.2 Å². The third-order valence-electron chi connectivity index (χ3n) is 2.47. The molecule has 0 spiro atoms. The predicted molar refractivity (Wildman–Crippen MR) is 70.8 cm³/mol. The van der Waals surface area contributed by atoms with Crippen LogP contribution in [-0.2, 0) is 0 Å². The van der Waals surface area contributed by atoms with Gasteiger partial charge >= 0.3 is 0 Å². The van der Waals surface area contributed by atoms with Gasteiger partial charge in [-0.2, -0.15) is 0 Å². The lowest BCUT2D eigenvalue weighted by Gasteiger charge is -2.07. The zero-order valence-corrected chi connectivity index (χ0v) is 10.3. The maximum atomic E-state index is 5.69. The fourth-order valence-corrected chi connectivity index (χ4v) is 1.52. The first-order valence-corrected chi connectivity index (χ1v) is 6.13. The molecule has 0 heterocycles. The van der Waals surface area contributed by atoms with Crippen molar-refractivity contribution >= 4 is 0 Å². The summed E-state index contributed by atoms with van der Waals surface area (Å²) in [6.07, 6.45) is 0.974. The molecule has 0 radical (unpaired) electrons. The van der Waals surface area contributed by atoms with Gasteiger partial charge in [0.2, 0.25) is 0 Å². The van der Waals surface area contributed by atoms with E-state index in [-0.39, 0.29) is 0 Å². The zero-order valence-electron chi connectivity index (χ0n) is 10.3. The highest BCUT2D eigenvalue weighted by Crippen LogP contribution is 2.23. The molecule has 3 nitrogen and oxygen atoms in total. The van der Waals surface area contributed by atoms with E-state index >= 15 is 0 Å². The van der Waals surface area contributed by atoms with Crippen LogP contribution in [0.3, 0.4) is 0 Å². The van der Waals surface area contributed by atoms with Crippen LogP contribution in [0.25, 0.3) is 0 Å². The Balaban J connectivity index is 1.91. The summed E-state index contributed by atoms with van der Waals surface area (Å²) in [5.41, 5.74) is 3.78. The van der Waals surface area contributed by atoms with Crippen molar-refractivity contribution in [2.45, 2.75) is 6.42 Å². The van der Waals surface area contributed by atoms with Crippen molar-refractivity contribution in [3.05, 3.63) is 54.6 Å². The van der Waals surface area contributed by atoms with E-state index in [2.05, 4.69) is 5.73 Å². The Morgan fingerprint density at radius 2 is 1.39 bits per heavy atom. The topological polar surface area (TPSA) is 46.1 Å². The van der Waals surface area contributed by atoms with Gasteiger partial charge in [-0.05, 0) is 36.4 Å². The third-order valence-corrected chi connectivity index (χ3v) is 2.47. The summed E-state index contributed by atoms with van der Waals surface area (Å²) in [5.74, 6) is 2.51. The smallest absolute Gasteiger partial charge is 0.127 e. The molecule has 0 aromatic heterocycles. The van der Waals surface area contributed by atoms with Crippen molar-refractivity contribution in [1.82, 2.24) is 0 Å². The molecule has 0 aliphatic rings. The van der Waals surface area contributed by atoms with Crippen LogP contribution >= 0.6 is 0 Å². The van der Waals surface area contributed by atoms with E-state index < -0.39 is 0 Å². The van der Waals surface area contributed by atoms with Crippen LogP contribution in [-0.4, -0.2) is 13.2 Å². The number of quaternary nitrogens is 1. The molecule has 2 aromatic carbocycles. The van der Waals surface area contributed by atoms with Crippen molar-refractivity contribution in [3.63, 3.8) is 0 Å². The Morgan fingerprint density at radius 3 is 2.06 bits per heavy atom. The Hall–Kier alpha value is -2.00. The van der Waals surface area contributed by atoms with E-state index in [1.165, 1.54) is 0 Å². The molecule has 0 aliphatic heterocycles.